The number of primary amides is 1. The number of amides is 1. The van der Waals surface area contributed by atoms with Gasteiger partial charge in [-0.2, -0.15) is 5.10 Å². The van der Waals surface area contributed by atoms with Crippen LogP contribution in [0.25, 0.3) is 5.82 Å². The van der Waals surface area contributed by atoms with Gasteiger partial charge in [0.05, 0.1) is 18.2 Å². The summed E-state index contributed by atoms with van der Waals surface area (Å²) in [5.74, 6) is -0.532. The number of rotatable bonds is 2. The van der Waals surface area contributed by atoms with Gasteiger partial charge in [-0.25, -0.2) is 9.67 Å². The van der Waals surface area contributed by atoms with E-state index in [0.717, 1.165) is 0 Å². The van der Waals surface area contributed by atoms with Crippen LogP contribution in [-0.2, 0) is 0 Å². The largest absolute Gasteiger partial charge is 0.396 e. The number of nitrogens with zero attached hydrogens (tertiary/aromatic N) is 3. The van der Waals surface area contributed by atoms with Gasteiger partial charge in [0.2, 0.25) is 0 Å². The van der Waals surface area contributed by atoms with E-state index in [-0.39, 0.29) is 27.2 Å². The average Bonchev–Trinajstić information content (AvgIpc) is 2.64. The summed E-state index contributed by atoms with van der Waals surface area (Å²) in [6, 6.07) is 0. The molecule has 88 valence electrons. The van der Waals surface area contributed by atoms with Crippen LogP contribution in [0.3, 0.4) is 0 Å². The number of nitrogens with one attached hydrogen (secondary N) is 1. The van der Waals surface area contributed by atoms with Crippen LogP contribution >= 0.6 is 15.9 Å². The zero-order valence-corrected chi connectivity index (χ0v) is 9.93. The molecule has 0 aliphatic heterocycles. The van der Waals surface area contributed by atoms with E-state index in [0.29, 0.717) is 0 Å². The summed E-state index contributed by atoms with van der Waals surface area (Å²) in [7, 11) is 0. The first kappa shape index (κ1) is 11.3. The van der Waals surface area contributed by atoms with E-state index in [1.54, 1.807) is 0 Å². The predicted octanol–water partition coefficient (Wildman–Crippen LogP) is -0.601. The summed E-state index contributed by atoms with van der Waals surface area (Å²) in [6.07, 6.45) is 2.57. The Bertz CT molecular complexity index is 646. The maximum absolute atomic E-state index is 11.3. The van der Waals surface area contributed by atoms with E-state index in [9.17, 15) is 9.59 Å². The molecule has 0 radical (unpaired) electrons. The number of nitrogen functional groups attached to an aromatic ring is 1. The molecule has 0 spiro atoms. The molecular formula is C8H7BrN6O2. The third kappa shape index (κ3) is 1.91. The van der Waals surface area contributed by atoms with Gasteiger partial charge in [0, 0.05) is 0 Å². The first-order chi connectivity index (χ1) is 8.00. The van der Waals surface area contributed by atoms with Gasteiger partial charge in [-0.15, -0.1) is 0 Å². The van der Waals surface area contributed by atoms with Gasteiger partial charge in [0.15, 0.2) is 11.5 Å². The number of H-pyrrole nitrogens is 1. The smallest absolute Gasteiger partial charge is 0.271 e. The Kier molecular flexibility index (Phi) is 2.68. The molecule has 0 saturated carbocycles. The maximum atomic E-state index is 11.3. The van der Waals surface area contributed by atoms with Crippen LogP contribution in [-0.4, -0.2) is 25.7 Å². The number of nitrogens with two attached hydrogens (primary N) is 2. The Morgan fingerprint density at radius 1 is 1.53 bits per heavy atom. The number of aromatic amines is 1. The van der Waals surface area contributed by atoms with E-state index in [1.165, 1.54) is 17.2 Å². The Labute approximate surface area is 103 Å². The molecule has 0 unspecified atom stereocenters. The highest BCUT2D eigenvalue weighted by Gasteiger charge is 2.15. The lowest BCUT2D eigenvalue weighted by Gasteiger charge is -2.00. The van der Waals surface area contributed by atoms with E-state index in [1.807, 2.05) is 0 Å². The lowest BCUT2D eigenvalue weighted by molar-refractivity contribution is 0.0996. The molecule has 2 aromatic rings. The molecule has 9 heteroatoms. The zero-order valence-electron chi connectivity index (χ0n) is 8.35. The van der Waals surface area contributed by atoms with Crippen LogP contribution < -0.4 is 17.0 Å². The van der Waals surface area contributed by atoms with Gasteiger partial charge in [-0.3, -0.25) is 9.59 Å². The Morgan fingerprint density at radius 2 is 2.24 bits per heavy atom. The minimum Gasteiger partial charge on any atom is -0.396 e. The highest BCUT2D eigenvalue weighted by Crippen LogP contribution is 2.16. The van der Waals surface area contributed by atoms with Crippen molar-refractivity contribution in [3.63, 3.8) is 0 Å². The molecule has 5 N–H and O–H groups in total. The molecule has 0 aliphatic rings. The molecule has 0 atom stereocenters. The van der Waals surface area contributed by atoms with Crippen molar-refractivity contribution in [2.45, 2.75) is 0 Å². The van der Waals surface area contributed by atoms with E-state index in [4.69, 9.17) is 11.5 Å². The van der Waals surface area contributed by atoms with E-state index >= 15 is 0 Å². The minimum absolute atomic E-state index is 0.0704. The van der Waals surface area contributed by atoms with Gasteiger partial charge in [0.25, 0.3) is 11.5 Å². The Balaban J connectivity index is 2.62. The molecule has 2 rings (SSSR count). The second-order valence-electron chi connectivity index (χ2n) is 3.11. The van der Waals surface area contributed by atoms with Crippen molar-refractivity contribution in [3.05, 3.63) is 33.0 Å². The third-order valence-electron chi connectivity index (χ3n) is 1.97. The van der Waals surface area contributed by atoms with Crippen molar-refractivity contribution in [3.8, 4) is 5.82 Å². The topological polar surface area (TPSA) is 133 Å². The van der Waals surface area contributed by atoms with Crippen LogP contribution in [0, 0.1) is 0 Å². The van der Waals surface area contributed by atoms with Gasteiger partial charge in [0.1, 0.15) is 4.47 Å². The van der Waals surface area contributed by atoms with E-state index < -0.39 is 5.91 Å². The molecule has 0 aromatic carbocycles. The molecule has 0 fully saturated rings. The highest BCUT2D eigenvalue weighted by molar-refractivity contribution is 9.10. The molecular weight excluding hydrogens is 292 g/mol. The van der Waals surface area contributed by atoms with Gasteiger partial charge in [-0.1, -0.05) is 0 Å². The summed E-state index contributed by atoms with van der Waals surface area (Å²) in [4.78, 5) is 28.6. The van der Waals surface area contributed by atoms with Crippen LogP contribution in [0.4, 0.5) is 5.69 Å². The molecule has 2 heterocycles. The SMILES string of the molecule is NC(=O)c1nn(-c2nc[nH]c(=O)c2Br)cc1N. The average molecular weight is 299 g/mol. The van der Waals surface area contributed by atoms with Crippen molar-refractivity contribution in [1.82, 2.24) is 19.7 Å². The number of aromatic nitrogens is 4. The second kappa shape index (κ2) is 4.01. The fraction of sp³-hybridized carbons (Fsp3) is 0. The van der Waals surface area contributed by atoms with E-state index in [2.05, 4.69) is 31.0 Å². The number of carbonyl (C=O) groups is 1. The van der Waals surface area contributed by atoms with Crippen LogP contribution in [0.2, 0.25) is 0 Å². The van der Waals surface area contributed by atoms with Crippen molar-refractivity contribution in [1.29, 1.82) is 0 Å². The van der Waals surface area contributed by atoms with Gasteiger partial charge < -0.3 is 16.5 Å². The predicted molar refractivity (Wildman–Crippen MR) is 62.6 cm³/mol. The molecule has 0 aliphatic carbocycles. The Hall–Kier alpha value is -2.16. The minimum atomic E-state index is -0.748. The van der Waals surface area contributed by atoms with Crippen molar-refractivity contribution in [2.75, 3.05) is 5.73 Å². The summed E-state index contributed by atoms with van der Waals surface area (Å²) < 4.78 is 1.38. The van der Waals surface area contributed by atoms with Crippen LogP contribution in [0.5, 0.6) is 0 Å². The summed E-state index contributed by atoms with van der Waals surface area (Å²) in [5, 5.41) is 3.85. The monoisotopic (exact) mass is 298 g/mol. The normalized spacial score (nSPS) is 10.4. The second-order valence-corrected chi connectivity index (χ2v) is 3.90. The summed E-state index contributed by atoms with van der Waals surface area (Å²) in [6.45, 7) is 0. The molecule has 0 saturated heterocycles. The standard InChI is InChI=1S/C8H7BrN6O2/c9-4-7(12-2-13-8(4)17)15-1-3(10)5(14-15)6(11)16/h1-2H,10H2,(H2,11,16)(H,12,13,17). The Morgan fingerprint density at radius 3 is 2.82 bits per heavy atom. The van der Waals surface area contributed by atoms with Crippen LogP contribution in [0.15, 0.2) is 21.8 Å². The van der Waals surface area contributed by atoms with Crippen molar-refractivity contribution >= 4 is 27.5 Å². The number of halogens is 1. The highest BCUT2D eigenvalue weighted by atomic mass is 79.9. The summed E-state index contributed by atoms with van der Waals surface area (Å²) >= 11 is 3.06. The quantitative estimate of drug-likeness (QED) is 0.681. The first-order valence-corrected chi connectivity index (χ1v) is 5.18. The fourth-order valence-corrected chi connectivity index (χ4v) is 1.62. The number of hydrogen-bond donors (Lipinski definition) is 3. The fourth-order valence-electron chi connectivity index (χ4n) is 1.22. The summed E-state index contributed by atoms with van der Waals surface area (Å²) in [5.41, 5.74) is 10.3. The molecule has 8 nitrogen and oxygen atoms in total. The van der Waals surface area contributed by atoms with Crippen molar-refractivity contribution in [2.24, 2.45) is 5.73 Å². The molecule has 17 heavy (non-hydrogen) atoms. The molecule has 1 amide bonds. The lowest BCUT2D eigenvalue weighted by atomic mass is 10.4. The lowest BCUT2D eigenvalue weighted by Crippen LogP contribution is -2.15. The first-order valence-electron chi connectivity index (χ1n) is 4.39. The number of carbonyl (C=O) groups excluding carboxylic acids is 1. The van der Waals surface area contributed by atoms with Crippen molar-refractivity contribution < 1.29 is 4.79 Å². The van der Waals surface area contributed by atoms with Gasteiger partial charge in [-0.05, 0) is 15.9 Å². The third-order valence-corrected chi connectivity index (χ3v) is 2.69. The number of anilines is 1. The van der Waals surface area contributed by atoms with Crippen LogP contribution in [0.1, 0.15) is 10.5 Å². The number of hydrogen-bond acceptors (Lipinski definition) is 5. The van der Waals surface area contributed by atoms with Gasteiger partial charge >= 0.3 is 0 Å². The molecule has 2 aromatic heterocycles. The maximum Gasteiger partial charge on any atom is 0.271 e. The zero-order chi connectivity index (χ0) is 12.6. The molecule has 0 bridgehead atoms.